The fourth-order valence-electron chi connectivity index (χ4n) is 1.26. The Morgan fingerprint density at radius 2 is 2.24 bits per heavy atom. The highest BCUT2D eigenvalue weighted by Gasteiger charge is 2.12. The summed E-state index contributed by atoms with van der Waals surface area (Å²) >= 11 is 0. The van der Waals surface area contributed by atoms with Crippen molar-refractivity contribution >= 4 is 5.91 Å². The highest BCUT2D eigenvalue weighted by molar-refractivity contribution is 5.77. The Hall–Kier alpha value is -1.62. The largest absolute Gasteiger partial charge is 0.480 e. The molecule has 1 aromatic carbocycles. The van der Waals surface area contributed by atoms with Gasteiger partial charge in [0.05, 0.1) is 6.61 Å². The molecule has 0 aliphatic carbocycles. The quantitative estimate of drug-likeness (QED) is 0.842. The predicted molar refractivity (Wildman–Crippen MR) is 61.1 cm³/mol. The predicted octanol–water partition coefficient (Wildman–Crippen LogP) is 1.18. The molecule has 4 nitrogen and oxygen atoms in total. The van der Waals surface area contributed by atoms with Gasteiger partial charge in [0.25, 0.3) is 5.91 Å². The van der Waals surface area contributed by atoms with Gasteiger partial charge in [0, 0.05) is 19.2 Å². The van der Waals surface area contributed by atoms with Crippen molar-refractivity contribution in [1.82, 2.24) is 4.90 Å². The second-order valence-electron chi connectivity index (χ2n) is 3.58. The van der Waals surface area contributed by atoms with Gasteiger partial charge in [-0.05, 0) is 13.0 Å². The number of para-hydroxylation sites is 1. The van der Waals surface area contributed by atoms with Crippen LogP contribution < -0.4 is 4.74 Å². The van der Waals surface area contributed by atoms with Crippen molar-refractivity contribution in [3.8, 4) is 5.75 Å². The number of hydrogen-bond donors (Lipinski definition) is 1. The Morgan fingerprint density at radius 3 is 2.82 bits per heavy atom. The van der Waals surface area contributed by atoms with E-state index in [1.165, 1.54) is 17.0 Å². The summed E-state index contributed by atoms with van der Waals surface area (Å²) in [5, 5.41) is 9.02. The van der Waals surface area contributed by atoms with Crippen molar-refractivity contribution in [3.63, 3.8) is 0 Å². The molecule has 0 radical (unpaired) electrons. The van der Waals surface area contributed by atoms with Gasteiger partial charge in [-0.15, -0.1) is 0 Å². The molecule has 0 aromatic heterocycles. The molecule has 0 fully saturated rings. The van der Waals surface area contributed by atoms with E-state index in [0.29, 0.717) is 12.1 Å². The van der Waals surface area contributed by atoms with E-state index in [1.54, 1.807) is 13.1 Å². The highest BCUT2D eigenvalue weighted by atomic mass is 19.1. The fourth-order valence-corrected chi connectivity index (χ4v) is 1.26. The first-order chi connectivity index (χ1) is 8.10. The molecule has 0 bridgehead atoms. The molecule has 1 rings (SSSR count). The Morgan fingerprint density at radius 1 is 1.53 bits per heavy atom. The molecule has 1 amide bonds. The van der Waals surface area contributed by atoms with E-state index in [9.17, 15) is 9.18 Å². The van der Waals surface area contributed by atoms with Crippen molar-refractivity contribution in [3.05, 3.63) is 29.6 Å². The number of amides is 1. The molecule has 17 heavy (non-hydrogen) atoms. The molecular formula is C12H16FNO3. The lowest BCUT2D eigenvalue weighted by Gasteiger charge is -2.16. The van der Waals surface area contributed by atoms with Crippen LogP contribution >= 0.6 is 0 Å². The minimum Gasteiger partial charge on any atom is -0.480 e. The molecule has 0 spiro atoms. The maximum atomic E-state index is 13.4. The summed E-state index contributed by atoms with van der Waals surface area (Å²) in [5.74, 6) is -0.879. The van der Waals surface area contributed by atoms with Crippen molar-refractivity contribution < 1.29 is 19.0 Å². The summed E-state index contributed by atoms with van der Waals surface area (Å²) in [6, 6.07) is 4.25. The number of carbonyl (C=O) groups is 1. The van der Waals surface area contributed by atoms with Gasteiger partial charge < -0.3 is 14.7 Å². The lowest BCUT2D eigenvalue weighted by molar-refractivity contribution is -0.131. The zero-order valence-electron chi connectivity index (χ0n) is 9.94. The molecular weight excluding hydrogens is 225 g/mol. The second-order valence-corrected chi connectivity index (χ2v) is 3.58. The lowest BCUT2D eigenvalue weighted by atomic mass is 10.2. The maximum Gasteiger partial charge on any atom is 0.260 e. The van der Waals surface area contributed by atoms with E-state index < -0.39 is 5.82 Å². The van der Waals surface area contributed by atoms with Crippen molar-refractivity contribution in [1.29, 1.82) is 0 Å². The molecule has 0 aliphatic heterocycles. The van der Waals surface area contributed by atoms with Crippen molar-refractivity contribution in [2.75, 3.05) is 20.2 Å². The van der Waals surface area contributed by atoms with Gasteiger partial charge in [-0.1, -0.05) is 12.1 Å². The van der Waals surface area contributed by atoms with Gasteiger partial charge in [-0.25, -0.2) is 4.39 Å². The van der Waals surface area contributed by atoms with Gasteiger partial charge in [-0.3, -0.25) is 4.79 Å². The standard InChI is InChI=1S/C12H16FNO3/c1-3-14(2)11(16)8-17-12-9(7-15)5-4-6-10(12)13/h4-6,15H,3,7-8H2,1-2H3. The molecule has 1 aromatic rings. The van der Waals surface area contributed by atoms with Gasteiger partial charge in [0.2, 0.25) is 0 Å². The molecule has 94 valence electrons. The summed E-state index contributed by atoms with van der Waals surface area (Å²) in [6.07, 6.45) is 0. The van der Waals surface area contributed by atoms with Gasteiger partial charge in [0.1, 0.15) is 0 Å². The zero-order chi connectivity index (χ0) is 12.8. The van der Waals surface area contributed by atoms with Crippen LogP contribution in [0, 0.1) is 5.82 Å². The Balaban J connectivity index is 2.72. The van der Waals surface area contributed by atoms with Crippen LogP contribution in [0.25, 0.3) is 0 Å². The molecule has 5 heteroatoms. The Labute approximate surface area is 99.6 Å². The van der Waals surface area contributed by atoms with Crippen LogP contribution in [0.15, 0.2) is 18.2 Å². The zero-order valence-corrected chi connectivity index (χ0v) is 9.94. The van der Waals surface area contributed by atoms with Crippen molar-refractivity contribution in [2.45, 2.75) is 13.5 Å². The number of hydrogen-bond acceptors (Lipinski definition) is 3. The average molecular weight is 241 g/mol. The molecule has 1 N–H and O–H groups in total. The SMILES string of the molecule is CCN(C)C(=O)COc1c(F)cccc1CO. The van der Waals surface area contributed by atoms with Crippen LogP contribution in [-0.2, 0) is 11.4 Å². The first kappa shape index (κ1) is 13.4. The number of aliphatic hydroxyl groups is 1. The van der Waals surface area contributed by atoms with Crippen LogP contribution in [0.2, 0.25) is 0 Å². The summed E-state index contributed by atoms with van der Waals surface area (Å²) in [6.45, 7) is 1.83. The second kappa shape index (κ2) is 6.20. The Bertz CT molecular complexity index is 395. The Kier molecular flexibility index (Phi) is 4.90. The first-order valence-corrected chi connectivity index (χ1v) is 5.35. The van der Waals surface area contributed by atoms with Gasteiger partial charge in [-0.2, -0.15) is 0 Å². The first-order valence-electron chi connectivity index (χ1n) is 5.35. The van der Waals surface area contributed by atoms with Crippen LogP contribution in [0.5, 0.6) is 5.75 Å². The third kappa shape index (κ3) is 3.42. The van der Waals surface area contributed by atoms with E-state index in [1.807, 2.05) is 6.92 Å². The minimum atomic E-state index is -0.580. The monoisotopic (exact) mass is 241 g/mol. The topological polar surface area (TPSA) is 49.8 Å². The third-order valence-corrected chi connectivity index (χ3v) is 2.46. The average Bonchev–Trinajstić information content (AvgIpc) is 2.35. The number of ether oxygens (including phenoxy) is 1. The van der Waals surface area contributed by atoms with E-state index in [2.05, 4.69) is 0 Å². The number of aliphatic hydroxyl groups excluding tert-OH is 1. The van der Waals surface area contributed by atoms with E-state index in [-0.39, 0.29) is 24.9 Å². The molecule has 0 atom stereocenters. The summed E-state index contributed by atoms with van der Waals surface area (Å²) in [4.78, 5) is 12.9. The molecule has 0 unspecified atom stereocenters. The van der Waals surface area contributed by atoms with E-state index >= 15 is 0 Å². The normalized spacial score (nSPS) is 10.1. The summed E-state index contributed by atoms with van der Waals surface area (Å²) in [5.41, 5.74) is 0.331. The molecule has 0 saturated carbocycles. The molecule has 0 heterocycles. The highest BCUT2D eigenvalue weighted by Crippen LogP contribution is 2.22. The number of halogens is 1. The van der Waals surface area contributed by atoms with Crippen molar-refractivity contribution in [2.24, 2.45) is 0 Å². The van der Waals surface area contributed by atoms with Gasteiger partial charge in [0.15, 0.2) is 18.2 Å². The van der Waals surface area contributed by atoms with Crippen LogP contribution in [0.1, 0.15) is 12.5 Å². The van der Waals surface area contributed by atoms with E-state index in [4.69, 9.17) is 9.84 Å². The summed E-state index contributed by atoms with van der Waals surface area (Å²) in [7, 11) is 1.64. The summed E-state index contributed by atoms with van der Waals surface area (Å²) < 4.78 is 18.5. The number of likely N-dealkylation sites (N-methyl/N-ethyl adjacent to an activating group) is 1. The third-order valence-electron chi connectivity index (χ3n) is 2.46. The van der Waals surface area contributed by atoms with Crippen LogP contribution in [-0.4, -0.2) is 36.1 Å². The number of carbonyl (C=O) groups excluding carboxylic acids is 1. The smallest absolute Gasteiger partial charge is 0.260 e. The molecule has 0 aliphatic rings. The number of benzene rings is 1. The molecule has 0 saturated heterocycles. The maximum absolute atomic E-state index is 13.4. The minimum absolute atomic E-state index is 0.0622. The van der Waals surface area contributed by atoms with Gasteiger partial charge >= 0.3 is 0 Å². The fraction of sp³-hybridized carbons (Fsp3) is 0.417. The number of nitrogens with zero attached hydrogens (tertiary/aromatic N) is 1. The van der Waals surface area contributed by atoms with E-state index in [0.717, 1.165) is 0 Å². The van der Waals surface area contributed by atoms with Crippen LogP contribution in [0.4, 0.5) is 4.39 Å². The number of rotatable bonds is 5. The lowest BCUT2D eigenvalue weighted by Crippen LogP contribution is -2.31. The van der Waals surface area contributed by atoms with Crippen LogP contribution in [0.3, 0.4) is 0 Å².